The van der Waals surface area contributed by atoms with E-state index in [0.29, 0.717) is 18.0 Å². The summed E-state index contributed by atoms with van der Waals surface area (Å²) in [4.78, 5) is 32.8. The van der Waals surface area contributed by atoms with E-state index in [4.69, 9.17) is 0 Å². The van der Waals surface area contributed by atoms with Crippen LogP contribution < -0.4 is 5.32 Å². The van der Waals surface area contributed by atoms with E-state index in [1.807, 2.05) is 6.07 Å². The fraction of sp³-hybridized carbons (Fsp3) is 0.533. The minimum absolute atomic E-state index is 0.00155. The van der Waals surface area contributed by atoms with Crippen molar-refractivity contribution in [1.82, 2.24) is 20.0 Å². The van der Waals surface area contributed by atoms with Crippen LogP contribution in [0.2, 0.25) is 0 Å². The van der Waals surface area contributed by atoms with Crippen LogP contribution in [0.15, 0.2) is 54.6 Å². The van der Waals surface area contributed by atoms with Crippen molar-refractivity contribution < 1.29 is 14.7 Å². The van der Waals surface area contributed by atoms with Crippen molar-refractivity contribution in [3.8, 4) is 5.75 Å². The molecule has 0 atom stereocenters. The molecule has 1 spiro atoms. The lowest BCUT2D eigenvalue weighted by Crippen LogP contribution is -2.56. The van der Waals surface area contributed by atoms with Gasteiger partial charge < -0.3 is 20.2 Å². The summed E-state index contributed by atoms with van der Waals surface area (Å²) < 4.78 is 0. The van der Waals surface area contributed by atoms with Crippen LogP contribution in [0.4, 0.5) is 4.79 Å². The Bertz CT molecular complexity index is 1110. The molecule has 2 aromatic carbocycles. The molecule has 1 saturated heterocycles. The highest BCUT2D eigenvalue weighted by Crippen LogP contribution is 2.49. The van der Waals surface area contributed by atoms with Gasteiger partial charge in [-0.2, -0.15) is 0 Å². The molecule has 3 fully saturated rings. The van der Waals surface area contributed by atoms with Gasteiger partial charge in [0.15, 0.2) is 0 Å². The molecule has 1 heterocycles. The summed E-state index contributed by atoms with van der Waals surface area (Å²) in [5.41, 5.74) is 1.74. The molecule has 0 bridgehead atoms. The maximum Gasteiger partial charge on any atom is 0.321 e. The average molecular weight is 505 g/mol. The lowest BCUT2D eigenvalue weighted by molar-refractivity contribution is -0.121. The van der Waals surface area contributed by atoms with Crippen molar-refractivity contribution in [1.29, 1.82) is 0 Å². The van der Waals surface area contributed by atoms with E-state index in [9.17, 15) is 14.7 Å². The van der Waals surface area contributed by atoms with Crippen molar-refractivity contribution in [3.05, 3.63) is 65.7 Å². The number of para-hydroxylation sites is 1. The van der Waals surface area contributed by atoms with Gasteiger partial charge in [0, 0.05) is 30.7 Å². The number of amides is 3. The van der Waals surface area contributed by atoms with Crippen LogP contribution >= 0.6 is 0 Å². The largest absolute Gasteiger partial charge is 0.508 e. The molecule has 3 aliphatic rings. The van der Waals surface area contributed by atoms with Crippen LogP contribution in [-0.2, 0) is 16.9 Å². The molecule has 3 amide bonds. The van der Waals surface area contributed by atoms with E-state index in [1.54, 1.807) is 23.1 Å². The van der Waals surface area contributed by atoms with Crippen molar-refractivity contribution >= 4 is 11.9 Å². The number of aromatic hydroxyl groups is 1. The smallest absolute Gasteiger partial charge is 0.321 e. The Morgan fingerprint density at radius 2 is 1.70 bits per heavy atom. The first-order valence-corrected chi connectivity index (χ1v) is 13.7. The van der Waals surface area contributed by atoms with Gasteiger partial charge >= 0.3 is 6.03 Å². The molecular weight excluding hydrogens is 464 g/mol. The van der Waals surface area contributed by atoms with Gasteiger partial charge in [-0.1, -0.05) is 55.0 Å². The average Bonchev–Trinajstić information content (AvgIpc) is 3.11. The zero-order chi connectivity index (χ0) is 26.0. The van der Waals surface area contributed by atoms with Crippen molar-refractivity contribution in [2.75, 3.05) is 33.7 Å². The summed E-state index contributed by atoms with van der Waals surface area (Å²) in [6.45, 7) is 1.69. The molecule has 7 nitrogen and oxygen atoms in total. The Hall–Kier alpha value is -3.06. The Morgan fingerprint density at radius 1 is 1.03 bits per heavy atom. The second-order valence-corrected chi connectivity index (χ2v) is 11.5. The fourth-order valence-electron chi connectivity index (χ4n) is 6.59. The Labute approximate surface area is 220 Å². The second kappa shape index (κ2) is 10.4. The van der Waals surface area contributed by atoms with Gasteiger partial charge in [0.2, 0.25) is 5.91 Å². The molecule has 2 saturated carbocycles. The quantitative estimate of drug-likeness (QED) is 0.562. The van der Waals surface area contributed by atoms with Gasteiger partial charge in [0.25, 0.3) is 0 Å². The monoisotopic (exact) mass is 504 g/mol. The van der Waals surface area contributed by atoms with Crippen LogP contribution in [0.25, 0.3) is 0 Å². The molecule has 7 heteroatoms. The number of carbonyl (C=O) groups is 2. The number of rotatable bonds is 8. The number of hydrogen-bond acceptors (Lipinski definition) is 4. The predicted octanol–water partition coefficient (Wildman–Crippen LogP) is 4.32. The number of carbonyl (C=O) groups excluding carboxylic acids is 2. The Kier molecular flexibility index (Phi) is 7.17. The number of phenols is 1. The molecule has 0 unspecified atom stereocenters. The van der Waals surface area contributed by atoms with Crippen LogP contribution in [0.3, 0.4) is 0 Å². The van der Waals surface area contributed by atoms with E-state index < -0.39 is 0 Å². The third-order valence-corrected chi connectivity index (χ3v) is 9.20. The highest BCUT2D eigenvalue weighted by Gasteiger charge is 2.55. The number of phenolic OH excluding ortho intramolecular Hbond substituents is 1. The third kappa shape index (κ3) is 4.93. The number of nitrogens with zero attached hydrogens (tertiary/aromatic N) is 3. The fourth-order valence-corrected chi connectivity index (χ4v) is 6.59. The number of urea groups is 1. The van der Waals surface area contributed by atoms with E-state index in [0.717, 1.165) is 32.2 Å². The Balaban J connectivity index is 1.30. The van der Waals surface area contributed by atoms with E-state index in [2.05, 4.69) is 59.5 Å². The van der Waals surface area contributed by atoms with E-state index >= 15 is 0 Å². The third-order valence-electron chi connectivity index (χ3n) is 9.20. The van der Waals surface area contributed by atoms with Crippen LogP contribution in [0.1, 0.15) is 56.1 Å². The minimum Gasteiger partial charge on any atom is -0.508 e. The molecule has 0 radical (unpaired) electrons. The summed E-state index contributed by atoms with van der Waals surface area (Å²) in [7, 11) is 4.33. The van der Waals surface area contributed by atoms with Gasteiger partial charge in [-0.15, -0.1) is 0 Å². The van der Waals surface area contributed by atoms with Gasteiger partial charge in [-0.3, -0.25) is 9.69 Å². The van der Waals surface area contributed by atoms with Crippen LogP contribution in [-0.4, -0.2) is 71.0 Å². The molecule has 2 aliphatic carbocycles. The zero-order valence-corrected chi connectivity index (χ0v) is 22.2. The summed E-state index contributed by atoms with van der Waals surface area (Å²) >= 11 is 0. The zero-order valence-electron chi connectivity index (χ0n) is 22.2. The van der Waals surface area contributed by atoms with Crippen LogP contribution in [0, 0.1) is 5.92 Å². The number of hydrogen-bond donors (Lipinski definition) is 2. The van der Waals surface area contributed by atoms with E-state index in [-0.39, 0.29) is 41.9 Å². The predicted molar refractivity (Wildman–Crippen MR) is 144 cm³/mol. The lowest BCUT2D eigenvalue weighted by atomic mass is 9.68. The first-order valence-electron chi connectivity index (χ1n) is 13.7. The minimum atomic E-state index is -0.223. The second-order valence-electron chi connectivity index (χ2n) is 11.5. The van der Waals surface area contributed by atoms with Gasteiger partial charge in [-0.05, 0) is 70.2 Å². The standard InChI is InChI=1S/C30H40N4O3/c1-32(2)30(25-12-4-3-5-13-25)17-15-29(16-18-30)22-33(28(37)34(29)20-23-9-8-10-23)21-27(36)31-19-24-11-6-7-14-26(24)35/h3-7,11-14,23,35H,8-10,15-22H2,1-2H3,(H,31,36)/t29-,30+. The lowest BCUT2D eigenvalue weighted by Gasteiger charge is -2.51. The van der Waals surface area contributed by atoms with Crippen molar-refractivity contribution in [2.24, 2.45) is 5.92 Å². The molecule has 2 aromatic rings. The first-order chi connectivity index (χ1) is 17.8. The van der Waals surface area contributed by atoms with Crippen LogP contribution in [0.5, 0.6) is 5.75 Å². The van der Waals surface area contributed by atoms with Crippen molar-refractivity contribution in [2.45, 2.75) is 62.6 Å². The number of benzene rings is 2. The molecule has 0 aromatic heterocycles. The molecule has 198 valence electrons. The summed E-state index contributed by atoms with van der Waals surface area (Å²) in [5, 5.41) is 12.9. The topological polar surface area (TPSA) is 76.1 Å². The summed E-state index contributed by atoms with van der Waals surface area (Å²) in [6, 6.07) is 17.7. The van der Waals surface area contributed by atoms with Gasteiger partial charge in [0.1, 0.15) is 12.3 Å². The molecule has 37 heavy (non-hydrogen) atoms. The maximum atomic E-state index is 13.7. The first kappa shape index (κ1) is 25.6. The van der Waals surface area contributed by atoms with Gasteiger partial charge in [-0.25, -0.2) is 4.79 Å². The summed E-state index contributed by atoms with van der Waals surface area (Å²) in [5.74, 6) is 0.543. The Morgan fingerprint density at radius 3 is 2.32 bits per heavy atom. The molecule has 2 N–H and O–H groups in total. The molecule has 5 rings (SSSR count). The van der Waals surface area contributed by atoms with E-state index in [1.165, 1.54) is 24.8 Å². The number of nitrogens with one attached hydrogen (secondary N) is 1. The molecular formula is C30H40N4O3. The van der Waals surface area contributed by atoms with Crippen molar-refractivity contribution in [3.63, 3.8) is 0 Å². The van der Waals surface area contributed by atoms with Gasteiger partial charge in [0.05, 0.1) is 5.54 Å². The maximum absolute atomic E-state index is 13.7. The normalized spacial score (nSPS) is 26.1. The summed E-state index contributed by atoms with van der Waals surface area (Å²) in [6.07, 6.45) is 7.43. The SMILES string of the molecule is CN(C)[C@]1(c2ccccc2)CC[C@]2(CC1)CN(CC(=O)NCc1ccccc1O)C(=O)N2CC1CCC1. The highest BCUT2D eigenvalue weighted by atomic mass is 16.3. The highest BCUT2D eigenvalue weighted by molar-refractivity contribution is 5.86. The molecule has 1 aliphatic heterocycles.